The molecule has 1 aliphatic rings. The molecule has 0 spiro atoms. The molecule has 0 radical (unpaired) electrons. The second-order valence-corrected chi connectivity index (χ2v) is 6.43. The standard InChI is InChI=1S/C19H13BrN4O/c20-13-6-7-16-15(10-13)17(19(25)24-16)18(12-4-2-1-3-5-12)23-14-8-9-21-22-11-14/h1-11H,(H,21,23)(H,24,25)/b18-17-. The maximum atomic E-state index is 12.7. The van der Waals surface area contributed by atoms with Gasteiger partial charge in [-0.2, -0.15) is 10.2 Å². The summed E-state index contributed by atoms with van der Waals surface area (Å²) in [4.78, 5) is 12.7. The fourth-order valence-corrected chi connectivity index (χ4v) is 3.14. The van der Waals surface area contributed by atoms with Crippen LogP contribution < -0.4 is 10.6 Å². The maximum absolute atomic E-state index is 12.7. The van der Waals surface area contributed by atoms with E-state index in [1.807, 2.05) is 54.6 Å². The number of nitrogens with zero attached hydrogens (tertiary/aromatic N) is 2. The molecule has 0 bridgehead atoms. The van der Waals surface area contributed by atoms with Crippen molar-refractivity contribution in [3.63, 3.8) is 0 Å². The highest BCUT2D eigenvalue weighted by Crippen LogP contribution is 2.38. The van der Waals surface area contributed by atoms with Gasteiger partial charge < -0.3 is 10.6 Å². The van der Waals surface area contributed by atoms with Gasteiger partial charge in [-0.1, -0.05) is 46.3 Å². The summed E-state index contributed by atoms with van der Waals surface area (Å²) in [7, 11) is 0. The largest absolute Gasteiger partial charge is 0.353 e. The normalized spacial score (nSPS) is 14.7. The second-order valence-electron chi connectivity index (χ2n) is 5.52. The van der Waals surface area contributed by atoms with E-state index < -0.39 is 0 Å². The Balaban J connectivity index is 1.93. The molecule has 5 nitrogen and oxygen atoms in total. The third kappa shape index (κ3) is 3.04. The Labute approximate surface area is 152 Å². The monoisotopic (exact) mass is 392 g/mol. The van der Waals surface area contributed by atoms with Crippen LogP contribution in [0, 0.1) is 0 Å². The lowest BCUT2D eigenvalue weighted by molar-refractivity contribution is -0.110. The van der Waals surface area contributed by atoms with Gasteiger partial charge in [0.1, 0.15) is 0 Å². The molecule has 4 rings (SSSR count). The van der Waals surface area contributed by atoms with Crippen molar-refractivity contribution in [3.05, 3.63) is 82.6 Å². The molecule has 122 valence electrons. The van der Waals surface area contributed by atoms with E-state index in [2.05, 4.69) is 36.8 Å². The van der Waals surface area contributed by atoms with Gasteiger partial charge in [0.2, 0.25) is 0 Å². The topological polar surface area (TPSA) is 66.9 Å². The van der Waals surface area contributed by atoms with Crippen LogP contribution in [0.5, 0.6) is 0 Å². The summed E-state index contributed by atoms with van der Waals surface area (Å²) < 4.78 is 0.915. The Hall–Kier alpha value is -2.99. The Kier molecular flexibility index (Phi) is 4.03. The smallest absolute Gasteiger partial charge is 0.258 e. The Bertz CT molecular complexity index is 971. The number of fused-ring (bicyclic) bond motifs is 1. The summed E-state index contributed by atoms with van der Waals surface area (Å²) in [6.45, 7) is 0. The van der Waals surface area contributed by atoms with Gasteiger partial charge in [0.15, 0.2) is 0 Å². The zero-order valence-corrected chi connectivity index (χ0v) is 14.6. The van der Waals surface area contributed by atoms with Gasteiger partial charge in [-0.05, 0) is 29.8 Å². The average molecular weight is 393 g/mol. The Morgan fingerprint density at radius 1 is 1.04 bits per heavy atom. The molecule has 1 aromatic heterocycles. The van der Waals surface area contributed by atoms with Crippen LogP contribution in [0.15, 0.2) is 71.5 Å². The lowest BCUT2D eigenvalue weighted by Gasteiger charge is -2.14. The molecule has 25 heavy (non-hydrogen) atoms. The van der Waals surface area contributed by atoms with Crippen molar-refractivity contribution >= 4 is 44.5 Å². The molecule has 2 N–H and O–H groups in total. The molecular weight excluding hydrogens is 380 g/mol. The van der Waals surface area contributed by atoms with Crippen molar-refractivity contribution in [2.45, 2.75) is 0 Å². The molecule has 0 fully saturated rings. The number of anilines is 2. The number of carbonyl (C=O) groups excluding carboxylic acids is 1. The van der Waals surface area contributed by atoms with Crippen LogP contribution in [0.4, 0.5) is 11.4 Å². The SMILES string of the molecule is O=C1Nc2ccc(Br)cc2/C1=C(/Nc1ccnnc1)c1ccccc1. The minimum atomic E-state index is -0.138. The zero-order valence-electron chi connectivity index (χ0n) is 13.0. The number of hydrogen-bond donors (Lipinski definition) is 2. The first-order chi connectivity index (χ1) is 12.2. The van der Waals surface area contributed by atoms with Crippen LogP contribution >= 0.6 is 15.9 Å². The second kappa shape index (κ2) is 6.49. The van der Waals surface area contributed by atoms with E-state index in [-0.39, 0.29) is 5.91 Å². The van der Waals surface area contributed by atoms with Crippen molar-refractivity contribution < 1.29 is 4.79 Å². The van der Waals surface area contributed by atoms with Crippen LogP contribution in [0.3, 0.4) is 0 Å². The molecule has 0 atom stereocenters. The van der Waals surface area contributed by atoms with Crippen LogP contribution in [-0.2, 0) is 4.79 Å². The highest BCUT2D eigenvalue weighted by atomic mass is 79.9. The van der Waals surface area contributed by atoms with Gasteiger partial charge in [0.05, 0.1) is 29.4 Å². The van der Waals surface area contributed by atoms with Crippen LogP contribution in [0.1, 0.15) is 11.1 Å². The van der Waals surface area contributed by atoms with Gasteiger partial charge >= 0.3 is 0 Å². The maximum Gasteiger partial charge on any atom is 0.258 e. The van der Waals surface area contributed by atoms with Crippen LogP contribution in [0.25, 0.3) is 11.3 Å². The number of carbonyl (C=O) groups is 1. The number of aromatic nitrogens is 2. The van der Waals surface area contributed by atoms with Gasteiger partial charge in [-0.25, -0.2) is 0 Å². The predicted octanol–water partition coefficient (Wildman–Crippen LogP) is 4.17. The number of rotatable bonds is 3. The van der Waals surface area contributed by atoms with Crippen molar-refractivity contribution in [3.8, 4) is 0 Å². The van der Waals surface area contributed by atoms with Gasteiger partial charge in [0, 0.05) is 15.7 Å². The minimum absolute atomic E-state index is 0.138. The minimum Gasteiger partial charge on any atom is -0.353 e. The fraction of sp³-hybridized carbons (Fsp3) is 0. The Morgan fingerprint density at radius 3 is 2.64 bits per heavy atom. The fourth-order valence-electron chi connectivity index (χ4n) is 2.78. The molecule has 3 aromatic rings. The lowest BCUT2D eigenvalue weighted by Crippen LogP contribution is -2.10. The Morgan fingerprint density at radius 2 is 1.88 bits per heavy atom. The molecular formula is C19H13BrN4O. The molecule has 0 unspecified atom stereocenters. The number of nitrogens with one attached hydrogen (secondary N) is 2. The summed E-state index contributed by atoms with van der Waals surface area (Å²) in [5, 5.41) is 13.9. The first-order valence-corrected chi connectivity index (χ1v) is 8.46. The summed E-state index contributed by atoms with van der Waals surface area (Å²) >= 11 is 3.48. The van der Waals surface area contributed by atoms with Crippen molar-refractivity contribution in [1.82, 2.24) is 10.2 Å². The van der Waals surface area contributed by atoms with E-state index in [1.165, 1.54) is 0 Å². The van der Waals surface area contributed by atoms with E-state index in [1.54, 1.807) is 12.4 Å². The highest BCUT2D eigenvalue weighted by molar-refractivity contribution is 9.10. The molecule has 6 heteroatoms. The molecule has 2 heterocycles. The molecule has 0 saturated heterocycles. The molecule has 0 saturated carbocycles. The van der Waals surface area contributed by atoms with Crippen molar-refractivity contribution in [2.24, 2.45) is 0 Å². The molecule has 1 aliphatic heterocycles. The van der Waals surface area contributed by atoms with E-state index in [0.717, 1.165) is 32.7 Å². The quantitative estimate of drug-likeness (QED) is 0.656. The summed E-state index contributed by atoms with van der Waals surface area (Å²) in [5.41, 5.74) is 4.65. The van der Waals surface area contributed by atoms with Crippen molar-refractivity contribution in [2.75, 3.05) is 10.6 Å². The highest BCUT2D eigenvalue weighted by Gasteiger charge is 2.28. The van der Waals surface area contributed by atoms with Crippen LogP contribution in [-0.4, -0.2) is 16.1 Å². The first kappa shape index (κ1) is 15.5. The molecule has 0 aliphatic carbocycles. The zero-order chi connectivity index (χ0) is 17.2. The van der Waals surface area contributed by atoms with E-state index in [9.17, 15) is 4.79 Å². The summed E-state index contributed by atoms with van der Waals surface area (Å²) in [6.07, 6.45) is 3.23. The predicted molar refractivity (Wildman–Crippen MR) is 102 cm³/mol. The average Bonchev–Trinajstić information content (AvgIpc) is 2.96. The number of benzene rings is 2. The van der Waals surface area contributed by atoms with Gasteiger partial charge in [-0.3, -0.25) is 4.79 Å². The third-order valence-electron chi connectivity index (χ3n) is 3.89. The summed E-state index contributed by atoms with van der Waals surface area (Å²) in [5.74, 6) is -0.138. The number of hydrogen-bond acceptors (Lipinski definition) is 4. The molecule has 1 amide bonds. The lowest BCUT2D eigenvalue weighted by atomic mass is 10.00. The van der Waals surface area contributed by atoms with Gasteiger partial charge in [0.25, 0.3) is 5.91 Å². The first-order valence-electron chi connectivity index (χ1n) is 7.67. The third-order valence-corrected chi connectivity index (χ3v) is 4.39. The van der Waals surface area contributed by atoms with E-state index in [0.29, 0.717) is 5.57 Å². The number of amides is 1. The summed E-state index contributed by atoms with van der Waals surface area (Å²) in [6, 6.07) is 17.3. The van der Waals surface area contributed by atoms with E-state index >= 15 is 0 Å². The van der Waals surface area contributed by atoms with E-state index in [4.69, 9.17) is 0 Å². The van der Waals surface area contributed by atoms with Gasteiger partial charge in [-0.15, -0.1) is 0 Å². The van der Waals surface area contributed by atoms with Crippen LogP contribution in [0.2, 0.25) is 0 Å². The van der Waals surface area contributed by atoms with Crippen molar-refractivity contribution in [1.29, 1.82) is 0 Å². The molecule has 2 aromatic carbocycles. The number of halogens is 1.